The van der Waals surface area contributed by atoms with E-state index in [0.717, 1.165) is 13.0 Å². The molecule has 2 N–H and O–H groups in total. The predicted octanol–water partition coefficient (Wildman–Crippen LogP) is -0.138. The number of piperidine rings is 1. The van der Waals surface area contributed by atoms with Crippen LogP contribution in [-0.2, 0) is 9.09 Å². The van der Waals surface area contributed by atoms with Crippen LogP contribution in [0.2, 0.25) is 0 Å². The van der Waals surface area contributed by atoms with Crippen molar-refractivity contribution in [3.8, 4) is 0 Å². The quantitative estimate of drug-likeness (QED) is 0.579. The zero-order valence-electron chi connectivity index (χ0n) is 6.01. The monoisotopic (exact) mass is 180 g/mol. The molecule has 0 aromatic rings. The molecular weight excluding hydrogens is 169 g/mol. The second-order valence-electron chi connectivity index (χ2n) is 2.49. The Morgan fingerprint density at radius 3 is 2.73 bits per heavy atom. The van der Waals surface area contributed by atoms with Crippen molar-refractivity contribution in [2.75, 3.05) is 13.1 Å². The molecule has 65 valence electrons. The Bertz CT molecular complexity index is 162. The number of nitrogens with zero attached hydrogens (tertiary/aromatic N) is 1. The molecule has 0 saturated carbocycles. The number of phosphoric ester groups is 1. The third-order valence-electron chi connectivity index (χ3n) is 1.46. The van der Waals surface area contributed by atoms with E-state index < -0.39 is 7.82 Å². The highest BCUT2D eigenvalue weighted by Crippen LogP contribution is 2.38. The first-order chi connectivity index (χ1) is 5.08. The molecular formula is C5H11NO4P. The van der Waals surface area contributed by atoms with Gasteiger partial charge in [0.2, 0.25) is 0 Å². The first-order valence-electron chi connectivity index (χ1n) is 3.45. The molecule has 1 unspecified atom stereocenters. The average Bonchev–Trinajstić information content (AvgIpc) is 1.85. The van der Waals surface area contributed by atoms with Gasteiger partial charge in [-0.2, -0.15) is 0 Å². The van der Waals surface area contributed by atoms with Gasteiger partial charge in [-0.15, -0.1) is 0 Å². The van der Waals surface area contributed by atoms with E-state index >= 15 is 0 Å². The van der Waals surface area contributed by atoms with E-state index in [-0.39, 0.29) is 6.10 Å². The zero-order valence-corrected chi connectivity index (χ0v) is 6.91. The highest BCUT2D eigenvalue weighted by atomic mass is 31.2. The van der Waals surface area contributed by atoms with E-state index in [9.17, 15) is 4.57 Å². The van der Waals surface area contributed by atoms with E-state index in [4.69, 9.17) is 9.79 Å². The van der Waals surface area contributed by atoms with Gasteiger partial charge in [-0.25, -0.2) is 9.88 Å². The fraction of sp³-hybridized carbons (Fsp3) is 1.00. The third-order valence-corrected chi connectivity index (χ3v) is 2.03. The lowest BCUT2D eigenvalue weighted by Crippen LogP contribution is -2.30. The summed E-state index contributed by atoms with van der Waals surface area (Å²) in [5, 5.41) is 3.97. The number of phosphoric acid groups is 1. The summed E-state index contributed by atoms with van der Waals surface area (Å²) in [6, 6.07) is 0. The lowest BCUT2D eigenvalue weighted by molar-refractivity contribution is 0.112. The van der Waals surface area contributed by atoms with Crippen molar-refractivity contribution < 1.29 is 18.9 Å². The first-order valence-corrected chi connectivity index (χ1v) is 4.98. The number of rotatable bonds is 2. The van der Waals surface area contributed by atoms with E-state index in [1.807, 2.05) is 0 Å². The van der Waals surface area contributed by atoms with Gasteiger partial charge in [-0.05, 0) is 12.8 Å². The average molecular weight is 180 g/mol. The summed E-state index contributed by atoms with van der Waals surface area (Å²) < 4.78 is 14.8. The fourth-order valence-corrected chi connectivity index (χ4v) is 1.60. The van der Waals surface area contributed by atoms with Crippen LogP contribution in [0.5, 0.6) is 0 Å². The van der Waals surface area contributed by atoms with E-state index in [2.05, 4.69) is 9.84 Å². The predicted molar refractivity (Wildman–Crippen MR) is 38.0 cm³/mol. The van der Waals surface area contributed by atoms with Crippen molar-refractivity contribution in [1.29, 1.82) is 0 Å². The Morgan fingerprint density at radius 2 is 2.27 bits per heavy atom. The third kappa shape index (κ3) is 3.84. The highest BCUT2D eigenvalue weighted by Gasteiger charge is 2.23. The van der Waals surface area contributed by atoms with E-state index in [1.54, 1.807) is 0 Å². The molecule has 1 rings (SSSR count). The summed E-state index contributed by atoms with van der Waals surface area (Å²) in [6.07, 6.45) is 1.16. The Labute approximate surface area is 65.0 Å². The van der Waals surface area contributed by atoms with Crippen molar-refractivity contribution in [1.82, 2.24) is 5.32 Å². The van der Waals surface area contributed by atoms with Gasteiger partial charge in [0.25, 0.3) is 0 Å². The maximum atomic E-state index is 10.3. The normalized spacial score (nSPS) is 26.9. The molecule has 1 fully saturated rings. The van der Waals surface area contributed by atoms with Crippen molar-refractivity contribution >= 4 is 7.82 Å². The molecule has 6 heteroatoms. The number of hydrogen-bond donors (Lipinski definition) is 2. The van der Waals surface area contributed by atoms with Gasteiger partial charge < -0.3 is 9.79 Å². The summed E-state index contributed by atoms with van der Waals surface area (Å²) in [6.45, 7) is 1.19. The van der Waals surface area contributed by atoms with Gasteiger partial charge in [0.15, 0.2) is 0 Å². The van der Waals surface area contributed by atoms with Crippen LogP contribution >= 0.6 is 7.82 Å². The van der Waals surface area contributed by atoms with Gasteiger partial charge >= 0.3 is 7.82 Å². The van der Waals surface area contributed by atoms with Gasteiger partial charge in [0.05, 0.1) is 6.10 Å². The van der Waals surface area contributed by atoms with Gasteiger partial charge in [0, 0.05) is 13.1 Å². The maximum Gasteiger partial charge on any atom is 0.469 e. The minimum Gasteiger partial charge on any atom is -0.303 e. The second kappa shape index (κ2) is 3.65. The summed E-state index contributed by atoms with van der Waals surface area (Å²) in [7, 11) is -4.29. The smallest absolute Gasteiger partial charge is 0.303 e. The number of hydrogen-bond acceptors (Lipinski definition) is 2. The van der Waals surface area contributed by atoms with Crippen LogP contribution in [-0.4, -0.2) is 29.0 Å². The van der Waals surface area contributed by atoms with Crippen LogP contribution in [0.4, 0.5) is 0 Å². The van der Waals surface area contributed by atoms with Crippen LogP contribution < -0.4 is 5.32 Å². The van der Waals surface area contributed by atoms with Crippen molar-refractivity contribution in [3.05, 3.63) is 0 Å². The van der Waals surface area contributed by atoms with Crippen LogP contribution in [0.15, 0.2) is 0 Å². The largest absolute Gasteiger partial charge is 0.469 e. The van der Waals surface area contributed by atoms with Gasteiger partial charge in [-0.3, -0.25) is 4.52 Å². The van der Waals surface area contributed by atoms with Crippen LogP contribution in [0.25, 0.3) is 0 Å². The minimum atomic E-state index is -4.29. The van der Waals surface area contributed by atoms with Crippen LogP contribution in [0.1, 0.15) is 12.8 Å². The molecule has 1 aliphatic rings. The van der Waals surface area contributed by atoms with Crippen molar-refractivity contribution in [2.45, 2.75) is 18.9 Å². The molecule has 5 nitrogen and oxygen atoms in total. The Hall–Kier alpha value is 0.0700. The van der Waals surface area contributed by atoms with Gasteiger partial charge in [-0.1, -0.05) is 0 Å². The Morgan fingerprint density at radius 1 is 1.55 bits per heavy atom. The lowest BCUT2D eigenvalue weighted by Gasteiger charge is -2.21. The second-order valence-corrected chi connectivity index (χ2v) is 3.68. The Balaban J connectivity index is 2.30. The molecule has 0 aromatic carbocycles. The topological polar surface area (TPSA) is 80.9 Å². The Kier molecular flexibility index (Phi) is 3.04. The summed E-state index contributed by atoms with van der Waals surface area (Å²) >= 11 is 0. The van der Waals surface area contributed by atoms with Crippen LogP contribution in [0.3, 0.4) is 0 Å². The zero-order chi connectivity index (χ0) is 8.32. The van der Waals surface area contributed by atoms with E-state index in [1.165, 1.54) is 0 Å². The molecule has 0 aromatic heterocycles. The molecule has 0 spiro atoms. The van der Waals surface area contributed by atoms with E-state index in [0.29, 0.717) is 13.0 Å². The van der Waals surface area contributed by atoms with Crippen molar-refractivity contribution in [3.63, 3.8) is 0 Å². The summed E-state index contributed by atoms with van der Waals surface area (Å²) in [4.78, 5) is 16.8. The molecule has 1 heterocycles. The standard InChI is InChI=1S/C5H11NO4P/c7-11(8,9)10-5-2-1-3-6-4-5/h5H,1-4H2,(H2,7,8,9). The molecule has 0 bridgehead atoms. The minimum absolute atomic E-state index is 0.385. The molecule has 1 radical (unpaired) electrons. The first kappa shape index (κ1) is 9.16. The highest BCUT2D eigenvalue weighted by molar-refractivity contribution is 7.46. The molecule has 0 aliphatic carbocycles. The molecule has 1 aliphatic heterocycles. The molecule has 11 heavy (non-hydrogen) atoms. The lowest BCUT2D eigenvalue weighted by atomic mass is 10.1. The molecule has 1 saturated heterocycles. The SMILES string of the molecule is O=P(O)(O)OC1CCC[N]C1. The summed E-state index contributed by atoms with van der Waals surface area (Å²) in [5.41, 5.74) is 0. The summed E-state index contributed by atoms with van der Waals surface area (Å²) in [5.74, 6) is 0. The van der Waals surface area contributed by atoms with Crippen molar-refractivity contribution in [2.24, 2.45) is 0 Å². The molecule has 0 amide bonds. The fourth-order valence-electron chi connectivity index (χ4n) is 1.04. The van der Waals surface area contributed by atoms with Crippen LogP contribution in [0, 0.1) is 0 Å². The maximum absolute atomic E-state index is 10.3. The molecule has 1 atom stereocenters. The van der Waals surface area contributed by atoms with Gasteiger partial charge in [0.1, 0.15) is 0 Å².